The van der Waals surface area contributed by atoms with E-state index in [0.717, 1.165) is 19.3 Å². The zero-order valence-corrected chi connectivity index (χ0v) is 13.8. The fraction of sp³-hybridized carbons (Fsp3) is 0.583. The highest BCUT2D eigenvalue weighted by Gasteiger charge is 2.25. The molecular formula is C12H18BrClN4O3. The first-order valence-electron chi connectivity index (χ1n) is 6.51. The molecule has 0 aromatic carbocycles. The molecule has 118 valence electrons. The number of carbonyl (C=O) groups excluding carboxylic acids is 1. The van der Waals surface area contributed by atoms with Crippen LogP contribution >= 0.6 is 28.3 Å². The van der Waals surface area contributed by atoms with Gasteiger partial charge in [-0.1, -0.05) is 0 Å². The van der Waals surface area contributed by atoms with Crippen LogP contribution in [0, 0.1) is 0 Å². The summed E-state index contributed by atoms with van der Waals surface area (Å²) in [6, 6.07) is 0.0400. The zero-order chi connectivity index (χ0) is 14.7. The fourth-order valence-electron chi connectivity index (χ4n) is 2.41. The lowest BCUT2D eigenvalue weighted by Gasteiger charge is -2.35. The third-order valence-electron chi connectivity index (χ3n) is 3.49. The first kappa shape index (κ1) is 17.9. The summed E-state index contributed by atoms with van der Waals surface area (Å²) in [7, 11) is 0. The van der Waals surface area contributed by atoms with Gasteiger partial charge in [0.15, 0.2) is 0 Å². The smallest absolute Gasteiger partial charge is 0.328 e. The van der Waals surface area contributed by atoms with Gasteiger partial charge in [-0.2, -0.15) is 0 Å². The van der Waals surface area contributed by atoms with E-state index in [4.69, 9.17) is 5.73 Å². The first-order chi connectivity index (χ1) is 9.52. The molecule has 1 saturated heterocycles. The van der Waals surface area contributed by atoms with Gasteiger partial charge in [0, 0.05) is 25.3 Å². The molecule has 1 amide bonds. The van der Waals surface area contributed by atoms with Crippen molar-refractivity contribution in [3.63, 3.8) is 0 Å². The number of halogens is 2. The van der Waals surface area contributed by atoms with Crippen molar-refractivity contribution in [2.45, 2.75) is 31.8 Å². The highest BCUT2D eigenvalue weighted by Crippen LogP contribution is 2.16. The van der Waals surface area contributed by atoms with Crippen LogP contribution in [0.5, 0.6) is 0 Å². The maximum atomic E-state index is 12.3. The van der Waals surface area contributed by atoms with Crippen LogP contribution in [0.1, 0.15) is 19.3 Å². The Hall–Kier alpha value is -1.12. The Morgan fingerprint density at radius 1 is 1.43 bits per heavy atom. The van der Waals surface area contributed by atoms with Crippen LogP contribution in [0.2, 0.25) is 0 Å². The summed E-state index contributed by atoms with van der Waals surface area (Å²) in [5, 5.41) is 0. The number of H-pyrrole nitrogens is 1. The van der Waals surface area contributed by atoms with Crippen LogP contribution in [0.4, 0.5) is 0 Å². The number of nitrogens with two attached hydrogens (primary N) is 1. The summed E-state index contributed by atoms with van der Waals surface area (Å²) >= 11 is 3.04. The number of likely N-dealkylation sites (tertiary alicyclic amines) is 1. The lowest BCUT2D eigenvalue weighted by molar-refractivity contribution is -0.135. The van der Waals surface area contributed by atoms with Gasteiger partial charge in [0.2, 0.25) is 5.91 Å². The molecule has 1 atom stereocenters. The van der Waals surface area contributed by atoms with E-state index >= 15 is 0 Å². The van der Waals surface area contributed by atoms with E-state index in [-0.39, 0.29) is 35.4 Å². The van der Waals surface area contributed by atoms with Crippen molar-refractivity contribution in [2.75, 3.05) is 13.1 Å². The quantitative estimate of drug-likeness (QED) is 0.773. The normalized spacial score (nSPS) is 18.2. The fourth-order valence-corrected chi connectivity index (χ4v) is 2.76. The summed E-state index contributed by atoms with van der Waals surface area (Å²) in [4.78, 5) is 39.1. The number of carbonyl (C=O) groups is 1. The Bertz CT molecular complexity index is 615. The predicted molar refractivity (Wildman–Crippen MR) is 84.7 cm³/mol. The summed E-state index contributed by atoms with van der Waals surface area (Å²) in [5.41, 5.74) is 4.59. The van der Waals surface area contributed by atoms with Crippen LogP contribution in [-0.2, 0) is 11.3 Å². The van der Waals surface area contributed by atoms with Crippen molar-refractivity contribution in [1.29, 1.82) is 0 Å². The molecule has 0 radical (unpaired) electrons. The monoisotopic (exact) mass is 380 g/mol. The standard InChI is InChI=1S/C12H17BrN4O3.ClH/c13-9-6-16(12(20)15-11(9)19)7-10(18)17-4-2-1-3-8(17)5-14;/h6,8H,1-5,7,14H2,(H,15,19,20);1H. The van der Waals surface area contributed by atoms with Gasteiger partial charge in [-0.15, -0.1) is 12.4 Å². The maximum absolute atomic E-state index is 12.3. The van der Waals surface area contributed by atoms with Gasteiger partial charge in [0.1, 0.15) is 6.54 Å². The summed E-state index contributed by atoms with van der Waals surface area (Å²) < 4.78 is 1.41. The molecule has 9 heteroatoms. The van der Waals surface area contributed by atoms with Crippen molar-refractivity contribution in [3.05, 3.63) is 31.5 Å². The number of nitrogens with zero attached hydrogens (tertiary/aromatic N) is 2. The zero-order valence-electron chi connectivity index (χ0n) is 11.4. The average molecular weight is 382 g/mol. The molecule has 21 heavy (non-hydrogen) atoms. The van der Waals surface area contributed by atoms with Crippen LogP contribution in [0.25, 0.3) is 0 Å². The molecule has 0 saturated carbocycles. The first-order valence-corrected chi connectivity index (χ1v) is 7.31. The molecule has 0 bridgehead atoms. The summed E-state index contributed by atoms with van der Waals surface area (Å²) in [5.74, 6) is -0.152. The molecule has 1 fully saturated rings. The van der Waals surface area contributed by atoms with Crippen LogP contribution < -0.4 is 17.0 Å². The molecule has 1 aromatic heterocycles. The number of aromatic amines is 1. The molecule has 0 aliphatic carbocycles. The highest BCUT2D eigenvalue weighted by atomic mass is 79.9. The number of rotatable bonds is 3. The maximum Gasteiger partial charge on any atom is 0.328 e. The summed E-state index contributed by atoms with van der Waals surface area (Å²) in [6.07, 6.45) is 4.25. The second kappa shape index (κ2) is 7.77. The topological polar surface area (TPSA) is 101 Å². The SMILES string of the molecule is Cl.NCC1CCCCN1C(=O)Cn1cc(Br)c(=O)[nH]c1=O. The van der Waals surface area contributed by atoms with Crippen LogP contribution in [0.15, 0.2) is 20.3 Å². The number of aromatic nitrogens is 2. The Kier molecular flexibility index (Phi) is 6.63. The minimum absolute atomic E-state index is 0. The third kappa shape index (κ3) is 4.18. The lowest BCUT2D eigenvalue weighted by atomic mass is 10.0. The van der Waals surface area contributed by atoms with E-state index in [9.17, 15) is 14.4 Å². The van der Waals surface area contributed by atoms with Crippen molar-refractivity contribution < 1.29 is 4.79 Å². The summed E-state index contributed by atoms with van der Waals surface area (Å²) in [6.45, 7) is 1.00. The lowest BCUT2D eigenvalue weighted by Crippen LogP contribution is -2.49. The second-order valence-electron chi connectivity index (χ2n) is 4.84. The van der Waals surface area contributed by atoms with E-state index in [1.54, 1.807) is 4.90 Å². The van der Waals surface area contributed by atoms with Crippen molar-refractivity contribution in [3.8, 4) is 0 Å². The molecule has 1 unspecified atom stereocenters. The van der Waals surface area contributed by atoms with Gasteiger partial charge in [0.25, 0.3) is 5.56 Å². The van der Waals surface area contributed by atoms with E-state index in [1.165, 1.54) is 10.8 Å². The largest absolute Gasteiger partial charge is 0.337 e. The number of nitrogens with one attached hydrogen (secondary N) is 1. The highest BCUT2D eigenvalue weighted by molar-refractivity contribution is 9.10. The molecular weight excluding hydrogens is 364 g/mol. The van der Waals surface area contributed by atoms with Gasteiger partial charge in [-0.05, 0) is 35.2 Å². The molecule has 0 spiro atoms. The van der Waals surface area contributed by atoms with Crippen LogP contribution in [-0.4, -0.2) is 39.5 Å². The Labute approximate surface area is 136 Å². The van der Waals surface area contributed by atoms with Gasteiger partial charge < -0.3 is 10.6 Å². The Morgan fingerprint density at radius 2 is 2.14 bits per heavy atom. The van der Waals surface area contributed by atoms with E-state index < -0.39 is 11.2 Å². The van der Waals surface area contributed by atoms with Crippen molar-refractivity contribution in [1.82, 2.24) is 14.5 Å². The van der Waals surface area contributed by atoms with E-state index in [2.05, 4.69) is 20.9 Å². The van der Waals surface area contributed by atoms with Gasteiger partial charge in [-0.25, -0.2) is 4.79 Å². The Morgan fingerprint density at radius 3 is 2.81 bits per heavy atom. The minimum Gasteiger partial charge on any atom is -0.337 e. The van der Waals surface area contributed by atoms with E-state index in [0.29, 0.717) is 13.1 Å². The predicted octanol–water partition coefficient (Wildman–Crippen LogP) is 0.0607. The number of piperidine rings is 1. The molecule has 1 aromatic rings. The molecule has 7 nitrogen and oxygen atoms in total. The van der Waals surface area contributed by atoms with Crippen molar-refractivity contribution in [2.24, 2.45) is 5.73 Å². The molecule has 2 rings (SSSR count). The molecule has 1 aliphatic heterocycles. The van der Waals surface area contributed by atoms with Gasteiger partial charge >= 0.3 is 5.69 Å². The van der Waals surface area contributed by atoms with E-state index in [1.807, 2.05) is 0 Å². The van der Waals surface area contributed by atoms with Gasteiger partial charge in [-0.3, -0.25) is 19.1 Å². The number of amides is 1. The minimum atomic E-state index is -0.590. The molecule has 2 heterocycles. The van der Waals surface area contributed by atoms with Crippen LogP contribution in [0.3, 0.4) is 0 Å². The molecule has 3 N–H and O–H groups in total. The van der Waals surface area contributed by atoms with Gasteiger partial charge in [0.05, 0.1) is 4.47 Å². The third-order valence-corrected chi connectivity index (χ3v) is 4.06. The molecule has 1 aliphatic rings. The Balaban J connectivity index is 0.00000220. The average Bonchev–Trinajstić information content (AvgIpc) is 2.44. The van der Waals surface area contributed by atoms with Crippen molar-refractivity contribution >= 4 is 34.2 Å². The number of hydrogen-bond acceptors (Lipinski definition) is 4. The number of hydrogen-bond donors (Lipinski definition) is 2. The second-order valence-corrected chi connectivity index (χ2v) is 5.69.